The first-order chi connectivity index (χ1) is 27.2. The molecule has 0 bridgehead atoms. The Kier molecular flexibility index (Phi) is 7.30. The van der Waals surface area contributed by atoms with E-state index in [-0.39, 0.29) is 0 Å². The van der Waals surface area contributed by atoms with Crippen LogP contribution in [0.4, 0.5) is 0 Å². The van der Waals surface area contributed by atoms with Gasteiger partial charge in [0.2, 0.25) is 0 Å². The van der Waals surface area contributed by atoms with E-state index >= 15 is 0 Å². The predicted molar refractivity (Wildman–Crippen MR) is 234 cm³/mol. The van der Waals surface area contributed by atoms with Crippen LogP contribution in [0, 0.1) is 0 Å². The van der Waals surface area contributed by atoms with Crippen LogP contribution in [0.1, 0.15) is 22.3 Å². The highest BCUT2D eigenvalue weighted by Gasteiger charge is 2.46. The average Bonchev–Trinajstić information content (AvgIpc) is 3.75. The highest BCUT2D eigenvalue weighted by Crippen LogP contribution is 2.56. The van der Waals surface area contributed by atoms with E-state index in [1.165, 1.54) is 88.2 Å². The monoisotopic (exact) mass is 763 g/mol. The van der Waals surface area contributed by atoms with Crippen molar-refractivity contribution in [3.63, 3.8) is 0 Å². The molecule has 1 aliphatic rings. The van der Waals surface area contributed by atoms with Gasteiger partial charge < -0.3 is 4.57 Å². The Morgan fingerprint density at radius 2 is 1.00 bits per heavy atom. The zero-order valence-electron chi connectivity index (χ0n) is 30.0. The van der Waals surface area contributed by atoms with Gasteiger partial charge in [-0.3, -0.25) is 0 Å². The summed E-state index contributed by atoms with van der Waals surface area (Å²) in [5, 5.41) is 4.99. The zero-order valence-corrected chi connectivity index (χ0v) is 31.5. The molecule has 0 aliphatic heterocycles. The summed E-state index contributed by atoms with van der Waals surface area (Å²) in [4.78, 5) is 0. The van der Waals surface area contributed by atoms with Crippen LogP contribution in [0.2, 0.25) is 0 Å². The summed E-state index contributed by atoms with van der Waals surface area (Å²) in [7, 11) is 0. The molecule has 9 aromatic carbocycles. The van der Waals surface area contributed by atoms with Crippen LogP contribution >= 0.6 is 15.9 Å². The molecule has 0 amide bonds. The van der Waals surface area contributed by atoms with Crippen molar-refractivity contribution in [3.05, 3.63) is 233 Å². The molecule has 0 saturated carbocycles. The van der Waals surface area contributed by atoms with Gasteiger partial charge in [0.15, 0.2) is 0 Å². The number of hydrogen-bond acceptors (Lipinski definition) is 0. The quantitative estimate of drug-likeness (QED) is 0.164. The Bertz CT molecular complexity index is 3040. The summed E-state index contributed by atoms with van der Waals surface area (Å²) in [6.07, 6.45) is 0. The van der Waals surface area contributed by atoms with Gasteiger partial charge in [-0.2, -0.15) is 0 Å². The second kappa shape index (κ2) is 12.6. The fourth-order valence-corrected chi connectivity index (χ4v) is 9.72. The van der Waals surface area contributed by atoms with Crippen LogP contribution in [0.5, 0.6) is 0 Å². The van der Waals surface area contributed by atoms with Crippen molar-refractivity contribution in [1.82, 2.24) is 4.57 Å². The minimum Gasteiger partial charge on any atom is -0.309 e. The molecule has 0 unspecified atom stereocenters. The highest BCUT2D eigenvalue weighted by molar-refractivity contribution is 9.10. The van der Waals surface area contributed by atoms with Crippen molar-refractivity contribution in [2.24, 2.45) is 0 Å². The van der Waals surface area contributed by atoms with E-state index in [4.69, 9.17) is 0 Å². The lowest BCUT2D eigenvalue weighted by Crippen LogP contribution is -2.28. The molecule has 11 rings (SSSR count). The summed E-state index contributed by atoms with van der Waals surface area (Å²) in [6, 6.07) is 76.1. The van der Waals surface area contributed by atoms with Gasteiger partial charge in [-0.05, 0) is 91.4 Å². The van der Waals surface area contributed by atoms with Gasteiger partial charge in [0.1, 0.15) is 0 Å². The number of nitrogens with zero attached hydrogens (tertiary/aromatic N) is 1. The van der Waals surface area contributed by atoms with Gasteiger partial charge in [0.05, 0.1) is 16.4 Å². The normalized spacial score (nSPS) is 13.0. The molecular formula is C53H34BrN. The molecular weight excluding hydrogens is 730 g/mol. The Hall–Kier alpha value is -6.48. The second-order valence-electron chi connectivity index (χ2n) is 14.6. The smallest absolute Gasteiger partial charge is 0.0713 e. The zero-order chi connectivity index (χ0) is 36.5. The van der Waals surface area contributed by atoms with E-state index in [9.17, 15) is 0 Å². The lowest BCUT2D eigenvalue weighted by molar-refractivity contribution is 0.768. The lowest BCUT2D eigenvalue weighted by Gasteiger charge is -2.33. The maximum absolute atomic E-state index is 3.64. The van der Waals surface area contributed by atoms with E-state index in [1.54, 1.807) is 0 Å². The van der Waals surface area contributed by atoms with Gasteiger partial charge in [0, 0.05) is 26.3 Å². The molecule has 1 aliphatic carbocycles. The first kappa shape index (κ1) is 32.0. The molecule has 10 aromatic rings. The fourth-order valence-electron chi connectivity index (χ4n) is 9.33. The summed E-state index contributed by atoms with van der Waals surface area (Å²) in [5.74, 6) is 0. The van der Waals surface area contributed by atoms with Crippen LogP contribution in [-0.4, -0.2) is 4.57 Å². The minimum absolute atomic E-state index is 0.435. The third-order valence-corrected chi connectivity index (χ3v) is 12.2. The van der Waals surface area contributed by atoms with Crippen LogP contribution in [0.3, 0.4) is 0 Å². The topological polar surface area (TPSA) is 4.93 Å². The average molecular weight is 765 g/mol. The number of halogens is 1. The van der Waals surface area contributed by atoms with E-state index in [1.807, 2.05) is 0 Å². The van der Waals surface area contributed by atoms with Crippen molar-refractivity contribution in [3.8, 4) is 39.1 Å². The molecule has 0 radical (unpaired) electrons. The first-order valence-corrected chi connectivity index (χ1v) is 19.7. The molecule has 0 saturated heterocycles. The SMILES string of the molecule is Brc1cccc(-c2ccc(-c3ccc4c5ccc6ccccc6c5n(-c5ccc6c(c5)-c5ccccc5C6(c5ccccc5)c5ccccc5)c4c3)cc2)c1. The molecule has 55 heavy (non-hydrogen) atoms. The van der Waals surface area contributed by atoms with Crippen LogP contribution in [0.15, 0.2) is 211 Å². The number of benzene rings is 9. The largest absolute Gasteiger partial charge is 0.309 e. The van der Waals surface area contributed by atoms with Gasteiger partial charge >= 0.3 is 0 Å². The highest BCUT2D eigenvalue weighted by atomic mass is 79.9. The van der Waals surface area contributed by atoms with Crippen molar-refractivity contribution in [1.29, 1.82) is 0 Å². The number of fused-ring (bicyclic) bond motifs is 8. The standard InChI is InChI=1S/C53H34BrN/c54-42-18-11-13-38(32-42)35-22-24-36(25-23-35)39-27-29-46-47-30-26-37-12-7-8-19-44(37)52(47)55(51(46)33-39)43-28-31-50-48(34-43)45-20-9-10-21-49(45)53(50,40-14-3-1-4-15-40)41-16-5-2-6-17-41/h1-34H. The number of aromatic nitrogens is 1. The molecule has 0 N–H and O–H groups in total. The summed E-state index contributed by atoms with van der Waals surface area (Å²) in [5.41, 5.74) is 15.7. The molecule has 0 spiro atoms. The van der Waals surface area contributed by atoms with Crippen molar-refractivity contribution < 1.29 is 0 Å². The maximum atomic E-state index is 3.64. The second-order valence-corrected chi connectivity index (χ2v) is 15.5. The van der Waals surface area contributed by atoms with Gasteiger partial charge in [-0.1, -0.05) is 192 Å². The van der Waals surface area contributed by atoms with Gasteiger partial charge in [-0.25, -0.2) is 0 Å². The van der Waals surface area contributed by atoms with E-state index in [2.05, 4.69) is 227 Å². The molecule has 1 aromatic heterocycles. The minimum atomic E-state index is -0.435. The van der Waals surface area contributed by atoms with E-state index in [0.717, 1.165) is 10.2 Å². The Labute approximate surface area is 328 Å². The number of rotatable bonds is 5. The Morgan fingerprint density at radius 3 is 1.75 bits per heavy atom. The molecule has 2 heteroatoms. The molecule has 1 nitrogen and oxygen atoms in total. The Morgan fingerprint density at radius 1 is 0.382 bits per heavy atom. The fraction of sp³-hybridized carbons (Fsp3) is 0.0189. The third kappa shape index (κ3) is 4.85. The van der Waals surface area contributed by atoms with E-state index < -0.39 is 5.41 Å². The molecule has 258 valence electrons. The molecule has 0 atom stereocenters. The number of hydrogen-bond donors (Lipinski definition) is 0. The summed E-state index contributed by atoms with van der Waals surface area (Å²) in [6.45, 7) is 0. The van der Waals surface area contributed by atoms with Gasteiger partial charge in [0.25, 0.3) is 0 Å². The van der Waals surface area contributed by atoms with Gasteiger partial charge in [-0.15, -0.1) is 0 Å². The lowest BCUT2D eigenvalue weighted by atomic mass is 9.68. The summed E-state index contributed by atoms with van der Waals surface area (Å²) < 4.78 is 3.60. The van der Waals surface area contributed by atoms with Crippen molar-refractivity contribution in [2.75, 3.05) is 0 Å². The van der Waals surface area contributed by atoms with Crippen molar-refractivity contribution >= 4 is 48.5 Å². The van der Waals surface area contributed by atoms with Crippen LogP contribution in [0.25, 0.3) is 71.6 Å². The van der Waals surface area contributed by atoms with Crippen molar-refractivity contribution in [2.45, 2.75) is 5.41 Å². The van der Waals surface area contributed by atoms with Crippen LogP contribution < -0.4 is 0 Å². The predicted octanol–water partition coefficient (Wildman–Crippen LogP) is 14.4. The van der Waals surface area contributed by atoms with E-state index in [0.29, 0.717) is 0 Å². The first-order valence-electron chi connectivity index (χ1n) is 18.9. The molecule has 0 fully saturated rings. The molecule has 1 heterocycles. The maximum Gasteiger partial charge on any atom is 0.0713 e. The Balaban J connectivity index is 1.16. The van der Waals surface area contributed by atoms with Crippen LogP contribution in [-0.2, 0) is 5.41 Å². The third-order valence-electron chi connectivity index (χ3n) is 11.7. The summed E-state index contributed by atoms with van der Waals surface area (Å²) >= 11 is 3.64.